The molecule has 1 amide bonds. The third kappa shape index (κ3) is 5.95. The van der Waals surface area contributed by atoms with Crippen LogP contribution >= 0.6 is 11.8 Å². The number of hydrogen-bond acceptors (Lipinski definition) is 5. The molecule has 0 unspecified atom stereocenters. The summed E-state index contributed by atoms with van der Waals surface area (Å²) < 4.78 is 10.4. The van der Waals surface area contributed by atoms with Crippen molar-refractivity contribution >= 4 is 17.7 Å². The van der Waals surface area contributed by atoms with Crippen LogP contribution in [-0.4, -0.2) is 63.1 Å². The average molecular weight is 310 g/mol. The molecule has 21 heavy (non-hydrogen) atoms. The highest BCUT2D eigenvalue weighted by atomic mass is 32.2. The minimum absolute atomic E-state index is 0.0732. The third-order valence-corrected chi connectivity index (χ3v) is 4.30. The quantitative estimate of drug-likeness (QED) is 0.768. The van der Waals surface area contributed by atoms with Crippen LogP contribution in [0.1, 0.15) is 0 Å². The molecular formula is C15H22N2O3S. The molecular weight excluding hydrogens is 288 g/mol. The van der Waals surface area contributed by atoms with Gasteiger partial charge in [0.05, 0.1) is 26.1 Å². The molecule has 0 radical (unpaired) electrons. The summed E-state index contributed by atoms with van der Waals surface area (Å²) in [5.41, 5.74) is 0. The topological polar surface area (TPSA) is 50.8 Å². The Bertz CT molecular complexity index is 433. The van der Waals surface area contributed by atoms with E-state index in [9.17, 15) is 4.79 Å². The molecule has 2 rings (SSSR count). The number of thioether (sulfide) groups is 1. The monoisotopic (exact) mass is 310 g/mol. The fourth-order valence-electron chi connectivity index (χ4n) is 2.05. The number of nitrogens with one attached hydrogen (secondary N) is 1. The molecule has 0 bridgehead atoms. The van der Waals surface area contributed by atoms with Crippen LogP contribution < -0.4 is 10.1 Å². The van der Waals surface area contributed by atoms with E-state index in [0.717, 1.165) is 43.5 Å². The van der Waals surface area contributed by atoms with Gasteiger partial charge in [0.1, 0.15) is 5.75 Å². The molecule has 5 nitrogen and oxygen atoms in total. The largest absolute Gasteiger partial charge is 0.497 e. The van der Waals surface area contributed by atoms with Gasteiger partial charge in [-0.1, -0.05) is 0 Å². The Hall–Kier alpha value is -1.24. The first-order valence-corrected chi connectivity index (χ1v) is 8.10. The normalized spacial score (nSPS) is 15.7. The van der Waals surface area contributed by atoms with Gasteiger partial charge in [0.2, 0.25) is 5.91 Å². The predicted molar refractivity (Wildman–Crippen MR) is 84.0 cm³/mol. The summed E-state index contributed by atoms with van der Waals surface area (Å²) in [6.45, 7) is 5.08. The Labute approximate surface area is 130 Å². The number of morpholine rings is 1. The van der Waals surface area contributed by atoms with Crippen molar-refractivity contribution in [2.45, 2.75) is 4.90 Å². The van der Waals surface area contributed by atoms with E-state index in [0.29, 0.717) is 12.3 Å². The molecule has 1 aliphatic heterocycles. The van der Waals surface area contributed by atoms with E-state index in [1.807, 2.05) is 24.3 Å². The summed E-state index contributed by atoms with van der Waals surface area (Å²) in [6.07, 6.45) is 0. The Morgan fingerprint density at radius 3 is 2.71 bits per heavy atom. The summed E-state index contributed by atoms with van der Waals surface area (Å²) >= 11 is 1.53. The second kappa shape index (κ2) is 8.92. The first-order chi connectivity index (χ1) is 10.3. The minimum Gasteiger partial charge on any atom is -0.497 e. The Morgan fingerprint density at radius 1 is 1.33 bits per heavy atom. The van der Waals surface area contributed by atoms with Gasteiger partial charge in [0.15, 0.2) is 0 Å². The lowest BCUT2D eigenvalue weighted by Crippen LogP contribution is -2.41. The molecule has 0 saturated carbocycles. The third-order valence-electron chi connectivity index (χ3n) is 3.28. The highest BCUT2D eigenvalue weighted by molar-refractivity contribution is 8.00. The molecule has 0 aromatic heterocycles. The standard InChI is InChI=1S/C15H22N2O3S/c1-19-13-2-4-14(5-3-13)21-12-15(18)16-6-7-17-8-10-20-11-9-17/h2-5H,6-12H2,1H3,(H,16,18). The van der Waals surface area contributed by atoms with Gasteiger partial charge in [-0.25, -0.2) is 0 Å². The first kappa shape index (κ1) is 16.1. The van der Waals surface area contributed by atoms with Gasteiger partial charge in [-0.2, -0.15) is 0 Å². The summed E-state index contributed by atoms with van der Waals surface area (Å²) in [6, 6.07) is 7.73. The lowest BCUT2D eigenvalue weighted by Gasteiger charge is -2.26. The molecule has 116 valence electrons. The Balaban J connectivity index is 1.60. The van der Waals surface area contributed by atoms with Gasteiger partial charge in [0.25, 0.3) is 0 Å². The summed E-state index contributed by atoms with van der Waals surface area (Å²) in [5.74, 6) is 1.34. The first-order valence-electron chi connectivity index (χ1n) is 7.11. The predicted octanol–water partition coefficient (Wildman–Crippen LogP) is 1.24. The highest BCUT2D eigenvalue weighted by Crippen LogP contribution is 2.20. The van der Waals surface area contributed by atoms with Crippen molar-refractivity contribution in [2.24, 2.45) is 0 Å². The zero-order valence-electron chi connectivity index (χ0n) is 12.3. The molecule has 0 atom stereocenters. The van der Waals surface area contributed by atoms with E-state index in [4.69, 9.17) is 9.47 Å². The zero-order chi connectivity index (χ0) is 14.9. The minimum atomic E-state index is 0.0732. The fraction of sp³-hybridized carbons (Fsp3) is 0.533. The van der Waals surface area contributed by atoms with Crippen LogP contribution in [0.5, 0.6) is 5.75 Å². The maximum atomic E-state index is 11.8. The van der Waals surface area contributed by atoms with Crippen LogP contribution in [-0.2, 0) is 9.53 Å². The second-order valence-corrected chi connectivity index (χ2v) is 5.82. The molecule has 0 spiro atoms. The van der Waals surface area contributed by atoms with Crippen molar-refractivity contribution in [3.05, 3.63) is 24.3 Å². The number of rotatable bonds is 7. The van der Waals surface area contributed by atoms with E-state index in [2.05, 4.69) is 10.2 Å². The van der Waals surface area contributed by atoms with Gasteiger partial charge in [0, 0.05) is 31.1 Å². The number of amides is 1. The van der Waals surface area contributed by atoms with E-state index in [-0.39, 0.29) is 5.91 Å². The van der Waals surface area contributed by atoms with Gasteiger partial charge in [-0.3, -0.25) is 9.69 Å². The number of carbonyl (C=O) groups is 1. The number of benzene rings is 1. The van der Waals surface area contributed by atoms with Crippen LogP contribution in [0.4, 0.5) is 0 Å². The van der Waals surface area contributed by atoms with Gasteiger partial charge >= 0.3 is 0 Å². The molecule has 1 aromatic carbocycles. The average Bonchev–Trinajstić information content (AvgIpc) is 2.54. The summed E-state index contributed by atoms with van der Waals surface area (Å²) in [7, 11) is 1.64. The van der Waals surface area contributed by atoms with Crippen molar-refractivity contribution in [1.82, 2.24) is 10.2 Å². The molecule has 1 N–H and O–H groups in total. The zero-order valence-corrected chi connectivity index (χ0v) is 13.2. The molecule has 1 aromatic rings. The van der Waals surface area contributed by atoms with Crippen LogP contribution in [0.15, 0.2) is 29.2 Å². The summed E-state index contributed by atoms with van der Waals surface area (Å²) in [5, 5.41) is 2.96. The number of hydrogen-bond donors (Lipinski definition) is 1. The lowest BCUT2D eigenvalue weighted by molar-refractivity contribution is -0.118. The van der Waals surface area contributed by atoms with Crippen molar-refractivity contribution in [1.29, 1.82) is 0 Å². The highest BCUT2D eigenvalue weighted by Gasteiger charge is 2.10. The molecule has 1 fully saturated rings. The maximum absolute atomic E-state index is 11.8. The van der Waals surface area contributed by atoms with Gasteiger partial charge < -0.3 is 14.8 Å². The van der Waals surface area contributed by atoms with Gasteiger partial charge in [-0.15, -0.1) is 11.8 Å². The molecule has 0 aliphatic carbocycles. The number of nitrogens with zero attached hydrogens (tertiary/aromatic N) is 1. The SMILES string of the molecule is COc1ccc(SCC(=O)NCCN2CCOCC2)cc1. The molecule has 6 heteroatoms. The van der Waals surface area contributed by atoms with Gasteiger partial charge in [-0.05, 0) is 24.3 Å². The van der Waals surface area contributed by atoms with Crippen LogP contribution in [0.3, 0.4) is 0 Å². The Kier molecular flexibility index (Phi) is 6.85. The number of ether oxygens (including phenoxy) is 2. The van der Waals surface area contributed by atoms with Crippen LogP contribution in [0, 0.1) is 0 Å². The van der Waals surface area contributed by atoms with E-state index in [1.165, 1.54) is 11.8 Å². The maximum Gasteiger partial charge on any atom is 0.230 e. The van der Waals surface area contributed by atoms with Crippen LogP contribution in [0.2, 0.25) is 0 Å². The van der Waals surface area contributed by atoms with Crippen molar-refractivity contribution in [2.75, 3.05) is 52.3 Å². The van der Waals surface area contributed by atoms with Crippen molar-refractivity contribution in [3.63, 3.8) is 0 Å². The fourth-order valence-corrected chi connectivity index (χ4v) is 2.78. The lowest BCUT2D eigenvalue weighted by atomic mass is 10.3. The van der Waals surface area contributed by atoms with E-state index in [1.54, 1.807) is 7.11 Å². The molecule has 1 heterocycles. The number of methoxy groups -OCH3 is 1. The number of carbonyl (C=O) groups excluding carboxylic acids is 1. The van der Waals surface area contributed by atoms with E-state index < -0.39 is 0 Å². The van der Waals surface area contributed by atoms with Crippen LogP contribution in [0.25, 0.3) is 0 Å². The summed E-state index contributed by atoms with van der Waals surface area (Å²) in [4.78, 5) is 15.2. The smallest absolute Gasteiger partial charge is 0.230 e. The Morgan fingerprint density at radius 2 is 2.05 bits per heavy atom. The van der Waals surface area contributed by atoms with Crippen molar-refractivity contribution in [3.8, 4) is 5.75 Å². The second-order valence-electron chi connectivity index (χ2n) is 4.77. The van der Waals surface area contributed by atoms with E-state index >= 15 is 0 Å². The molecule has 1 aliphatic rings. The molecule has 1 saturated heterocycles. The van der Waals surface area contributed by atoms with Crippen molar-refractivity contribution < 1.29 is 14.3 Å².